The summed E-state index contributed by atoms with van der Waals surface area (Å²) >= 11 is 1.75. The summed E-state index contributed by atoms with van der Waals surface area (Å²) in [4.78, 5) is 13.0. The third kappa shape index (κ3) is 1.80. The van der Waals surface area contributed by atoms with Crippen LogP contribution >= 0.6 is 11.3 Å². The fraction of sp³-hybridized carbons (Fsp3) is 0. The van der Waals surface area contributed by atoms with E-state index in [0.29, 0.717) is 11.8 Å². The van der Waals surface area contributed by atoms with Gasteiger partial charge in [0.1, 0.15) is 5.82 Å². The maximum atomic E-state index is 6.10. The number of aromatic amines is 1. The highest BCUT2D eigenvalue weighted by Crippen LogP contribution is 2.40. The van der Waals surface area contributed by atoms with Crippen LogP contribution in [-0.4, -0.2) is 15.0 Å². The number of aromatic nitrogens is 3. The molecule has 6 heteroatoms. The first-order valence-electron chi connectivity index (χ1n) is 7.52. The number of hydrogen-bond acceptors (Lipinski definition) is 5. The van der Waals surface area contributed by atoms with Gasteiger partial charge in [-0.3, -0.25) is 4.98 Å². The third-order valence-electron chi connectivity index (χ3n) is 4.23. The minimum Gasteiger partial charge on any atom is -0.383 e. The van der Waals surface area contributed by atoms with Crippen molar-refractivity contribution in [2.75, 3.05) is 11.5 Å². The number of hydrogen-bond donors (Lipinski definition) is 3. The Labute approximate surface area is 141 Å². The summed E-state index contributed by atoms with van der Waals surface area (Å²) in [6.07, 6.45) is 1.80. The van der Waals surface area contributed by atoms with E-state index in [9.17, 15) is 0 Å². The lowest BCUT2D eigenvalue weighted by atomic mass is 10.0. The zero-order valence-electron chi connectivity index (χ0n) is 12.6. The van der Waals surface area contributed by atoms with Crippen molar-refractivity contribution < 1.29 is 0 Å². The van der Waals surface area contributed by atoms with Gasteiger partial charge in [-0.05, 0) is 29.7 Å². The summed E-state index contributed by atoms with van der Waals surface area (Å²) in [6, 6.07) is 14.6. The minimum absolute atomic E-state index is 0.307. The monoisotopic (exact) mass is 331 g/mol. The fourth-order valence-electron chi connectivity index (χ4n) is 3.21. The van der Waals surface area contributed by atoms with Gasteiger partial charge in [0.15, 0.2) is 5.95 Å². The van der Waals surface area contributed by atoms with E-state index in [2.05, 4.69) is 51.4 Å². The molecule has 116 valence electrons. The van der Waals surface area contributed by atoms with E-state index in [1.54, 1.807) is 17.5 Å². The fourth-order valence-corrected chi connectivity index (χ4v) is 4.29. The van der Waals surface area contributed by atoms with E-state index < -0.39 is 0 Å². The molecule has 3 aromatic heterocycles. The summed E-state index contributed by atoms with van der Waals surface area (Å²) in [5.41, 5.74) is 14.8. The van der Waals surface area contributed by atoms with E-state index in [1.165, 1.54) is 15.0 Å². The molecule has 5 rings (SSSR count). The van der Waals surface area contributed by atoms with Crippen molar-refractivity contribution in [3.05, 3.63) is 48.7 Å². The van der Waals surface area contributed by atoms with Crippen LogP contribution in [0.1, 0.15) is 0 Å². The molecule has 5 N–H and O–H groups in total. The number of H-pyrrole nitrogens is 1. The molecule has 5 aromatic rings. The summed E-state index contributed by atoms with van der Waals surface area (Å²) in [6.45, 7) is 0. The molecule has 0 aliphatic rings. The van der Waals surface area contributed by atoms with Crippen LogP contribution in [0.15, 0.2) is 48.7 Å². The number of nitrogens with two attached hydrogens (primary N) is 2. The third-order valence-corrected chi connectivity index (χ3v) is 5.38. The molecule has 3 heterocycles. The van der Waals surface area contributed by atoms with Crippen molar-refractivity contribution in [3.8, 4) is 10.4 Å². The molecule has 0 radical (unpaired) electrons. The lowest BCUT2D eigenvalue weighted by Crippen LogP contribution is -2.01. The van der Waals surface area contributed by atoms with Crippen LogP contribution in [-0.2, 0) is 0 Å². The molecule has 0 amide bonds. The lowest BCUT2D eigenvalue weighted by Gasteiger charge is -2.08. The molecule has 5 nitrogen and oxygen atoms in total. The standard InChI is InChI=1S/C18H13N5S/c19-17-15-10-5-6-21-16(10)11(8-12(15)22-18(20)23-17)14-7-9-3-1-2-4-13(9)24-14/h1-8H,19H2,(H3,20,22,23). The molecule has 0 unspecified atom stereocenters. The highest BCUT2D eigenvalue weighted by Gasteiger charge is 2.15. The summed E-state index contributed by atoms with van der Waals surface area (Å²) < 4.78 is 1.25. The Kier molecular flexibility index (Phi) is 2.60. The van der Waals surface area contributed by atoms with Crippen LogP contribution in [0.2, 0.25) is 0 Å². The van der Waals surface area contributed by atoms with Crippen LogP contribution in [0.4, 0.5) is 11.8 Å². The largest absolute Gasteiger partial charge is 0.383 e. The zero-order valence-corrected chi connectivity index (χ0v) is 13.4. The quantitative estimate of drug-likeness (QED) is 0.430. The van der Waals surface area contributed by atoms with Gasteiger partial charge >= 0.3 is 0 Å². The Morgan fingerprint density at radius 3 is 2.79 bits per heavy atom. The minimum atomic E-state index is 0.307. The summed E-state index contributed by atoms with van der Waals surface area (Å²) in [7, 11) is 0. The number of anilines is 2. The van der Waals surface area contributed by atoms with Crippen LogP contribution < -0.4 is 11.5 Å². The number of fused-ring (bicyclic) bond motifs is 4. The van der Waals surface area contributed by atoms with E-state index >= 15 is 0 Å². The van der Waals surface area contributed by atoms with Gasteiger partial charge in [-0.25, -0.2) is 0 Å². The van der Waals surface area contributed by atoms with Gasteiger partial charge in [-0.2, -0.15) is 4.98 Å². The van der Waals surface area contributed by atoms with Crippen molar-refractivity contribution in [1.29, 1.82) is 0 Å². The van der Waals surface area contributed by atoms with E-state index in [1.807, 2.05) is 6.07 Å². The predicted octanol–water partition coefficient (Wildman–Crippen LogP) is 4.16. The molecule has 24 heavy (non-hydrogen) atoms. The number of benzene rings is 2. The second-order valence-corrected chi connectivity index (χ2v) is 6.79. The maximum absolute atomic E-state index is 6.10. The average Bonchev–Trinajstić information content (AvgIpc) is 3.20. The molecular formula is C18H13N5S. The Bertz CT molecular complexity index is 1200. The first-order chi connectivity index (χ1) is 11.7. The normalized spacial score (nSPS) is 11.7. The topological polar surface area (TPSA) is 93.6 Å². The number of rotatable bonds is 1. The van der Waals surface area contributed by atoms with Gasteiger partial charge in [0.05, 0.1) is 11.0 Å². The Morgan fingerprint density at radius 2 is 1.92 bits per heavy atom. The summed E-state index contributed by atoms with van der Waals surface area (Å²) in [5.74, 6) is 0.725. The molecule has 0 saturated carbocycles. The Morgan fingerprint density at radius 1 is 1.04 bits per heavy atom. The second kappa shape index (κ2) is 4.69. The van der Waals surface area contributed by atoms with Crippen molar-refractivity contribution in [3.63, 3.8) is 0 Å². The van der Waals surface area contributed by atoms with Crippen LogP contribution in [0.3, 0.4) is 0 Å². The highest BCUT2D eigenvalue weighted by atomic mass is 32.1. The molecule has 0 spiro atoms. The predicted molar refractivity (Wildman–Crippen MR) is 101 cm³/mol. The van der Waals surface area contributed by atoms with Crippen LogP contribution in [0, 0.1) is 0 Å². The van der Waals surface area contributed by atoms with Crippen LogP contribution in [0.5, 0.6) is 0 Å². The van der Waals surface area contributed by atoms with Gasteiger partial charge in [0.2, 0.25) is 0 Å². The summed E-state index contributed by atoms with van der Waals surface area (Å²) in [5, 5.41) is 3.08. The zero-order chi connectivity index (χ0) is 16.3. The van der Waals surface area contributed by atoms with Gasteiger partial charge < -0.3 is 16.5 Å². The van der Waals surface area contributed by atoms with E-state index in [4.69, 9.17) is 11.5 Å². The van der Waals surface area contributed by atoms with E-state index in [0.717, 1.165) is 27.4 Å². The molecule has 0 atom stereocenters. The van der Waals surface area contributed by atoms with Crippen LogP contribution in [0.25, 0.3) is 42.3 Å². The molecule has 0 fully saturated rings. The average molecular weight is 331 g/mol. The lowest BCUT2D eigenvalue weighted by molar-refractivity contribution is 1.25. The smallest absolute Gasteiger partial charge is 0.199 e. The van der Waals surface area contributed by atoms with Gasteiger partial charge in [-0.1, -0.05) is 18.2 Å². The number of nitrogens with one attached hydrogen (secondary N) is 1. The first kappa shape index (κ1) is 13.3. The van der Waals surface area contributed by atoms with Crippen molar-refractivity contribution >= 4 is 55.0 Å². The number of nitrogens with zero attached hydrogens (tertiary/aromatic N) is 2. The Hall–Kier alpha value is -3.12. The van der Waals surface area contributed by atoms with Gasteiger partial charge in [-0.15, -0.1) is 11.3 Å². The molecule has 2 aromatic carbocycles. The molecule has 0 bridgehead atoms. The van der Waals surface area contributed by atoms with Gasteiger partial charge in [0.25, 0.3) is 0 Å². The van der Waals surface area contributed by atoms with Crippen molar-refractivity contribution in [2.45, 2.75) is 0 Å². The molecule has 0 saturated heterocycles. The van der Waals surface area contributed by atoms with Crippen molar-refractivity contribution in [2.24, 2.45) is 0 Å². The number of nitrogen functional groups attached to an aromatic ring is 2. The molecular weight excluding hydrogens is 318 g/mol. The maximum Gasteiger partial charge on any atom is 0.199 e. The Balaban J connectivity index is 1.91. The number of thiophene rings is 1. The first-order valence-corrected chi connectivity index (χ1v) is 8.34. The molecule has 0 aliphatic carbocycles. The van der Waals surface area contributed by atoms with Gasteiger partial charge in [0, 0.05) is 32.1 Å². The van der Waals surface area contributed by atoms with Crippen molar-refractivity contribution in [1.82, 2.24) is 15.0 Å². The van der Waals surface area contributed by atoms with E-state index in [-0.39, 0.29) is 0 Å². The highest BCUT2D eigenvalue weighted by molar-refractivity contribution is 7.22. The SMILES string of the molecule is Nc1nc(N)c2c(cc(-c3cc4ccccc4s3)c3nccc32)[nH]1. The molecule has 0 aliphatic heterocycles. The second-order valence-electron chi connectivity index (χ2n) is 5.71.